The maximum Gasteiger partial charge on any atom is 0.198 e. The van der Waals surface area contributed by atoms with E-state index >= 15 is 0 Å². The van der Waals surface area contributed by atoms with Gasteiger partial charge in [0.15, 0.2) is 11.3 Å². The quantitative estimate of drug-likeness (QED) is 0.460. The lowest BCUT2D eigenvalue weighted by atomic mass is 10.1. The topological polar surface area (TPSA) is 43.6 Å². The molecule has 0 aliphatic carbocycles. The number of benzene rings is 3. The number of aryl methyl sites for hydroxylation is 1. The maximum atomic E-state index is 4.88. The van der Waals surface area contributed by atoms with Crippen molar-refractivity contribution in [1.29, 1.82) is 0 Å². The van der Waals surface area contributed by atoms with E-state index in [1.807, 2.05) is 42.5 Å². The van der Waals surface area contributed by atoms with Crippen LogP contribution in [0, 0.1) is 6.92 Å². The number of aromatic nitrogens is 4. The second-order valence-electron chi connectivity index (χ2n) is 6.73. The molecule has 27 heavy (non-hydrogen) atoms. The van der Waals surface area contributed by atoms with Crippen molar-refractivity contribution in [3.8, 4) is 11.4 Å². The molecule has 5 aromatic rings. The summed E-state index contributed by atoms with van der Waals surface area (Å²) in [6.07, 6.45) is 0. The van der Waals surface area contributed by atoms with Crippen LogP contribution in [-0.4, -0.2) is 19.5 Å². The van der Waals surface area contributed by atoms with Crippen LogP contribution in [0.2, 0.25) is 0 Å². The zero-order chi connectivity index (χ0) is 18.2. The first-order chi connectivity index (χ1) is 13.3. The van der Waals surface area contributed by atoms with Gasteiger partial charge in [-0.3, -0.25) is 0 Å². The number of imidazole rings is 1. The van der Waals surface area contributed by atoms with E-state index in [0.717, 1.165) is 28.1 Å². The van der Waals surface area contributed by atoms with E-state index in [9.17, 15) is 0 Å². The fourth-order valence-electron chi connectivity index (χ4n) is 3.33. The molecule has 2 heterocycles. The zero-order valence-corrected chi connectivity index (χ0v) is 15.0. The third-order valence-electron chi connectivity index (χ3n) is 4.75. The first kappa shape index (κ1) is 15.7. The van der Waals surface area contributed by atoms with Crippen LogP contribution in [0.1, 0.15) is 11.1 Å². The third kappa shape index (κ3) is 2.85. The van der Waals surface area contributed by atoms with Gasteiger partial charge in [0.05, 0.1) is 17.6 Å². The maximum absolute atomic E-state index is 4.88. The summed E-state index contributed by atoms with van der Waals surface area (Å²) in [5, 5.41) is 0. The molecule has 4 nitrogen and oxygen atoms in total. The highest BCUT2D eigenvalue weighted by Gasteiger charge is 2.16. The average Bonchev–Trinajstić information content (AvgIpc) is 3.06. The molecular weight excluding hydrogens is 332 g/mol. The lowest BCUT2D eigenvalue weighted by Crippen LogP contribution is -2.03. The van der Waals surface area contributed by atoms with Crippen molar-refractivity contribution in [1.82, 2.24) is 19.5 Å². The average molecular weight is 350 g/mol. The summed E-state index contributed by atoms with van der Waals surface area (Å²) in [7, 11) is 0. The molecule has 0 bridgehead atoms. The Balaban J connectivity index is 1.75. The number of hydrogen-bond acceptors (Lipinski definition) is 3. The zero-order valence-electron chi connectivity index (χ0n) is 15.0. The van der Waals surface area contributed by atoms with E-state index in [-0.39, 0.29) is 0 Å². The third-order valence-corrected chi connectivity index (χ3v) is 4.75. The van der Waals surface area contributed by atoms with Crippen LogP contribution in [0.4, 0.5) is 0 Å². The normalized spacial score (nSPS) is 11.3. The second-order valence-corrected chi connectivity index (χ2v) is 6.73. The second kappa shape index (κ2) is 6.32. The van der Waals surface area contributed by atoms with Crippen LogP contribution in [0.3, 0.4) is 0 Å². The minimum Gasteiger partial charge on any atom is -0.303 e. The molecule has 0 unspecified atom stereocenters. The summed E-state index contributed by atoms with van der Waals surface area (Å²) >= 11 is 0. The molecule has 130 valence electrons. The van der Waals surface area contributed by atoms with Crippen molar-refractivity contribution in [3.05, 3.63) is 90.0 Å². The Bertz CT molecular complexity index is 1240. The van der Waals surface area contributed by atoms with Gasteiger partial charge >= 0.3 is 0 Å². The molecule has 5 rings (SSSR count). The molecule has 0 fully saturated rings. The van der Waals surface area contributed by atoms with Crippen molar-refractivity contribution < 1.29 is 0 Å². The lowest BCUT2D eigenvalue weighted by Gasteiger charge is -2.09. The lowest BCUT2D eigenvalue weighted by molar-refractivity contribution is 0.825. The van der Waals surface area contributed by atoms with E-state index in [0.29, 0.717) is 12.2 Å². The number of para-hydroxylation sites is 2. The van der Waals surface area contributed by atoms with Gasteiger partial charge in [-0.05, 0) is 24.6 Å². The molecule has 0 aliphatic heterocycles. The Labute approximate surface area is 157 Å². The first-order valence-corrected chi connectivity index (χ1v) is 9.02. The van der Waals surface area contributed by atoms with Crippen molar-refractivity contribution in [2.45, 2.75) is 13.5 Å². The SMILES string of the molecule is Cc1ccc(Cn2c(-c3ccccc3)nc3nc4ccccc4nc32)cc1. The molecule has 0 saturated carbocycles. The van der Waals surface area contributed by atoms with E-state index in [4.69, 9.17) is 15.0 Å². The van der Waals surface area contributed by atoms with Crippen molar-refractivity contribution >= 4 is 22.3 Å². The van der Waals surface area contributed by atoms with Gasteiger partial charge in [-0.25, -0.2) is 15.0 Å². The summed E-state index contributed by atoms with van der Waals surface area (Å²) < 4.78 is 2.16. The fourth-order valence-corrected chi connectivity index (χ4v) is 3.33. The summed E-state index contributed by atoms with van der Waals surface area (Å²) in [5.41, 5.74) is 6.77. The minimum absolute atomic E-state index is 0.680. The van der Waals surface area contributed by atoms with E-state index in [1.165, 1.54) is 11.1 Å². The van der Waals surface area contributed by atoms with Gasteiger partial charge in [-0.1, -0.05) is 72.3 Å². The number of nitrogens with zero attached hydrogens (tertiary/aromatic N) is 4. The molecule has 0 radical (unpaired) electrons. The van der Waals surface area contributed by atoms with Crippen LogP contribution in [-0.2, 0) is 6.54 Å². The van der Waals surface area contributed by atoms with Crippen molar-refractivity contribution in [2.24, 2.45) is 0 Å². The van der Waals surface area contributed by atoms with Crippen LogP contribution < -0.4 is 0 Å². The highest BCUT2D eigenvalue weighted by Crippen LogP contribution is 2.25. The number of hydrogen-bond donors (Lipinski definition) is 0. The Morgan fingerprint density at radius 3 is 2.11 bits per heavy atom. The van der Waals surface area contributed by atoms with Gasteiger partial charge in [0.25, 0.3) is 0 Å². The molecule has 4 heteroatoms. The summed E-state index contributed by atoms with van der Waals surface area (Å²) in [6, 6.07) is 26.7. The van der Waals surface area contributed by atoms with Gasteiger partial charge in [0.1, 0.15) is 5.82 Å². The first-order valence-electron chi connectivity index (χ1n) is 9.02. The summed E-state index contributed by atoms with van der Waals surface area (Å²) in [5.74, 6) is 0.890. The van der Waals surface area contributed by atoms with E-state index in [2.05, 4.69) is 47.9 Å². The van der Waals surface area contributed by atoms with Crippen LogP contribution >= 0.6 is 0 Å². The van der Waals surface area contributed by atoms with Gasteiger partial charge in [-0.2, -0.15) is 0 Å². The smallest absolute Gasteiger partial charge is 0.198 e. The molecule has 0 saturated heterocycles. The molecular formula is C23H18N4. The van der Waals surface area contributed by atoms with Crippen LogP contribution in [0.25, 0.3) is 33.7 Å². The molecule has 2 aromatic heterocycles. The van der Waals surface area contributed by atoms with Crippen molar-refractivity contribution in [3.63, 3.8) is 0 Å². The molecule has 0 amide bonds. The Morgan fingerprint density at radius 2 is 1.37 bits per heavy atom. The minimum atomic E-state index is 0.680. The molecule has 0 N–H and O–H groups in total. The molecule has 0 aliphatic rings. The highest BCUT2D eigenvalue weighted by molar-refractivity contribution is 5.84. The summed E-state index contributed by atoms with van der Waals surface area (Å²) in [6.45, 7) is 2.80. The number of rotatable bonds is 3. The predicted octanol–water partition coefficient (Wildman–Crippen LogP) is 5.00. The largest absolute Gasteiger partial charge is 0.303 e. The standard InChI is InChI=1S/C23H18N4/c1-16-11-13-17(14-12-16)15-27-22(18-7-3-2-4-8-18)26-21-23(27)25-20-10-6-5-9-19(20)24-21/h2-14H,15H2,1H3. The predicted molar refractivity (Wildman–Crippen MR) is 109 cm³/mol. The van der Waals surface area contributed by atoms with E-state index < -0.39 is 0 Å². The molecule has 3 aromatic carbocycles. The molecule has 0 atom stereocenters. The summed E-state index contributed by atoms with van der Waals surface area (Å²) in [4.78, 5) is 14.5. The monoisotopic (exact) mass is 350 g/mol. The Hall–Kier alpha value is -3.53. The van der Waals surface area contributed by atoms with Crippen LogP contribution in [0.15, 0.2) is 78.9 Å². The number of fused-ring (bicyclic) bond motifs is 2. The van der Waals surface area contributed by atoms with Gasteiger partial charge < -0.3 is 4.57 Å². The van der Waals surface area contributed by atoms with E-state index in [1.54, 1.807) is 0 Å². The Morgan fingerprint density at radius 1 is 0.704 bits per heavy atom. The van der Waals surface area contributed by atoms with Crippen LogP contribution in [0.5, 0.6) is 0 Å². The van der Waals surface area contributed by atoms with Gasteiger partial charge in [-0.15, -0.1) is 0 Å². The Kier molecular flexibility index (Phi) is 3.68. The van der Waals surface area contributed by atoms with Crippen molar-refractivity contribution in [2.75, 3.05) is 0 Å². The molecule has 0 spiro atoms. The highest BCUT2D eigenvalue weighted by atomic mass is 15.2. The van der Waals surface area contributed by atoms with Gasteiger partial charge in [0, 0.05) is 5.56 Å². The van der Waals surface area contributed by atoms with Gasteiger partial charge in [0.2, 0.25) is 0 Å². The fraction of sp³-hybridized carbons (Fsp3) is 0.0870.